The van der Waals surface area contributed by atoms with E-state index in [0.29, 0.717) is 17.2 Å². The van der Waals surface area contributed by atoms with E-state index in [1.165, 1.54) is 51.7 Å². The van der Waals surface area contributed by atoms with Crippen LogP contribution in [0.25, 0.3) is 0 Å². The summed E-state index contributed by atoms with van der Waals surface area (Å²) in [4.78, 5) is 20.0. The summed E-state index contributed by atoms with van der Waals surface area (Å²) >= 11 is 0. The van der Waals surface area contributed by atoms with Crippen molar-refractivity contribution in [3.8, 4) is 23.4 Å². The average molecular weight is 474 g/mol. The van der Waals surface area contributed by atoms with Crippen LogP contribution in [0.2, 0.25) is 0 Å². The number of nitrogens with zero attached hydrogens (tertiary/aromatic N) is 2. The third kappa shape index (κ3) is 6.23. The Labute approximate surface area is 190 Å². The molecule has 0 saturated heterocycles. The molecule has 0 bridgehead atoms. The van der Waals surface area contributed by atoms with Crippen LogP contribution in [0.15, 0.2) is 59.5 Å². The van der Waals surface area contributed by atoms with E-state index in [9.17, 15) is 13.2 Å². The highest BCUT2D eigenvalue weighted by molar-refractivity contribution is 7.92. The van der Waals surface area contributed by atoms with Crippen molar-refractivity contribution < 1.29 is 32.2 Å². The fourth-order valence-electron chi connectivity index (χ4n) is 2.64. The van der Waals surface area contributed by atoms with Gasteiger partial charge in [-0.1, -0.05) is 12.1 Å². The molecule has 0 atom stereocenters. The van der Waals surface area contributed by atoms with Crippen molar-refractivity contribution in [2.75, 3.05) is 38.0 Å². The molecule has 2 N–H and O–H groups in total. The minimum absolute atomic E-state index is 0.0235. The van der Waals surface area contributed by atoms with Crippen molar-refractivity contribution in [3.63, 3.8) is 0 Å². The van der Waals surface area contributed by atoms with Crippen molar-refractivity contribution in [2.24, 2.45) is 0 Å². The molecule has 0 saturated carbocycles. The summed E-state index contributed by atoms with van der Waals surface area (Å²) in [6, 6.07) is 13.8. The van der Waals surface area contributed by atoms with Crippen LogP contribution in [0.1, 0.15) is 0 Å². The Kier molecular flexibility index (Phi) is 7.51. The molecule has 12 heteroatoms. The highest BCUT2D eigenvalue weighted by Gasteiger charge is 2.17. The van der Waals surface area contributed by atoms with Crippen molar-refractivity contribution in [2.45, 2.75) is 4.90 Å². The van der Waals surface area contributed by atoms with Crippen molar-refractivity contribution in [1.82, 2.24) is 9.97 Å². The average Bonchev–Trinajstić information content (AvgIpc) is 2.82. The van der Waals surface area contributed by atoms with Gasteiger partial charge >= 0.3 is 6.01 Å². The monoisotopic (exact) mass is 474 g/mol. The Bertz CT molecular complexity index is 1200. The first-order chi connectivity index (χ1) is 15.8. The summed E-state index contributed by atoms with van der Waals surface area (Å²) in [6.07, 6.45) is 0. The number of benzene rings is 2. The molecule has 1 heterocycles. The first-order valence-electron chi connectivity index (χ1n) is 9.50. The van der Waals surface area contributed by atoms with Gasteiger partial charge in [-0.3, -0.25) is 9.52 Å². The second-order valence-electron chi connectivity index (χ2n) is 6.40. The standard InChI is InChI=1S/C21H22N4O7S/c1-29-16-6-4-5-7-17(16)32-13-19(26)22-14-8-10-15(11-9-14)33(27,28)25-18-12-20(30-2)24-21(23-18)31-3/h4-12H,13H2,1-3H3,(H,22,26)(H,23,24,25). The van der Waals surface area contributed by atoms with Crippen LogP contribution in [0.4, 0.5) is 11.5 Å². The molecule has 2 aromatic carbocycles. The van der Waals surface area contributed by atoms with E-state index >= 15 is 0 Å². The second kappa shape index (κ2) is 10.5. The van der Waals surface area contributed by atoms with Gasteiger partial charge in [0.15, 0.2) is 23.9 Å². The maximum atomic E-state index is 12.7. The van der Waals surface area contributed by atoms with Crippen molar-refractivity contribution >= 4 is 27.4 Å². The van der Waals surface area contributed by atoms with Gasteiger partial charge in [0.25, 0.3) is 15.9 Å². The normalized spacial score (nSPS) is 10.8. The molecule has 0 aliphatic carbocycles. The summed E-state index contributed by atoms with van der Waals surface area (Å²) in [6.45, 7) is -0.251. The topological polar surface area (TPSA) is 138 Å². The number of amides is 1. The van der Waals surface area contributed by atoms with Crippen molar-refractivity contribution in [3.05, 3.63) is 54.6 Å². The van der Waals surface area contributed by atoms with E-state index < -0.39 is 15.9 Å². The molecule has 0 unspecified atom stereocenters. The fourth-order valence-corrected chi connectivity index (χ4v) is 3.64. The largest absolute Gasteiger partial charge is 0.493 e. The maximum Gasteiger partial charge on any atom is 0.321 e. The van der Waals surface area contributed by atoms with Crippen LogP contribution in [0.5, 0.6) is 23.4 Å². The lowest BCUT2D eigenvalue weighted by Gasteiger charge is -2.11. The van der Waals surface area contributed by atoms with Gasteiger partial charge in [-0.05, 0) is 36.4 Å². The summed E-state index contributed by atoms with van der Waals surface area (Å²) in [5, 5.41) is 2.63. The number of carbonyl (C=O) groups is 1. The van der Waals surface area contributed by atoms with Crippen LogP contribution in [-0.2, 0) is 14.8 Å². The highest BCUT2D eigenvalue weighted by Crippen LogP contribution is 2.26. The molecule has 3 rings (SSSR count). The fraction of sp³-hybridized carbons (Fsp3) is 0.190. The van der Waals surface area contributed by atoms with E-state index in [4.69, 9.17) is 18.9 Å². The van der Waals surface area contributed by atoms with Crippen LogP contribution in [0.3, 0.4) is 0 Å². The van der Waals surface area contributed by atoms with Gasteiger partial charge < -0.3 is 24.3 Å². The van der Waals surface area contributed by atoms with Crippen LogP contribution in [0, 0.1) is 0 Å². The molecular formula is C21H22N4O7S. The Balaban J connectivity index is 1.63. The molecule has 11 nitrogen and oxygen atoms in total. The molecular weight excluding hydrogens is 452 g/mol. The third-order valence-corrected chi connectivity index (χ3v) is 5.56. The van der Waals surface area contributed by atoms with E-state index in [0.717, 1.165) is 0 Å². The Morgan fingerprint density at radius 1 is 0.909 bits per heavy atom. The van der Waals surface area contributed by atoms with Crippen LogP contribution >= 0.6 is 0 Å². The first kappa shape index (κ1) is 23.6. The van der Waals surface area contributed by atoms with Gasteiger partial charge in [0.05, 0.1) is 26.2 Å². The van der Waals surface area contributed by atoms with Crippen molar-refractivity contribution in [1.29, 1.82) is 0 Å². The number of anilines is 2. The predicted molar refractivity (Wildman–Crippen MR) is 120 cm³/mol. The molecule has 0 fully saturated rings. The number of nitrogens with one attached hydrogen (secondary N) is 2. The molecule has 33 heavy (non-hydrogen) atoms. The van der Waals surface area contributed by atoms with E-state index in [1.54, 1.807) is 24.3 Å². The van der Waals surface area contributed by atoms with Gasteiger partial charge in [-0.2, -0.15) is 9.97 Å². The zero-order valence-electron chi connectivity index (χ0n) is 18.1. The van der Waals surface area contributed by atoms with Gasteiger partial charge in [0.2, 0.25) is 5.88 Å². The molecule has 174 valence electrons. The first-order valence-corrected chi connectivity index (χ1v) is 11.0. The van der Waals surface area contributed by atoms with Crippen LogP contribution in [-0.4, -0.2) is 52.2 Å². The maximum absolute atomic E-state index is 12.7. The Hall–Kier alpha value is -4.06. The van der Waals surface area contributed by atoms with Gasteiger partial charge in [-0.15, -0.1) is 0 Å². The number of rotatable bonds is 10. The minimum atomic E-state index is -3.97. The molecule has 0 radical (unpaired) electrons. The number of para-hydroxylation sites is 2. The number of ether oxygens (including phenoxy) is 4. The summed E-state index contributed by atoms with van der Waals surface area (Å²) in [5.41, 5.74) is 0.396. The van der Waals surface area contributed by atoms with Gasteiger partial charge in [0.1, 0.15) is 0 Å². The number of aromatic nitrogens is 2. The Morgan fingerprint density at radius 3 is 2.24 bits per heavy atom. The number of methoxy groups -OCH3 is 3. The lowest BCUT2D eigenvalue weighted by Crippen LogP contribution is -2.20. The summed E-state index contributed by atoms with van der Waals surface area (Å²) < 4.78 is 48.3. The smallest absolute Gasteiger partial charge is 0.321 e. The lowest BCUT2D eigenvalue weighted by molar-refractivity contribution is -0.118. The molecule has 1 amide bonds. The molecule has 3 aromatic rings. The van der Waals surface area contributed by atoms with Gasteiger partial charge in [-0.25, -0.2) is 8.42 Å². The summed E-state index contributed by atoms with van der Waals surface area (Å²) in [5.74, 6) is 0.624. The molecule has 1 aromatic heterocycles. The third-order valence-electron chi connectivity index (χ3n) is 4.19. The van der Waals surface area contributed by atoms with E-state index in [-0.39, 0.29) is 29.2 Å². The van der Waals surface area contributed by atoms with Crippen LogP contribution < -0.4 is 29.0 Å². The zero-order valence-corrected chi connectivity index (χ0v) is 18.9. The second-order valence-corrected chi connectivity index (χ2v) is 8.08. The zero-order chi connectivity index (χ0) is 23.8. The van der Waals surface area contributed by atoms with E-state index in [2.05, 4.69) is 20.0 Å². The number of hydrogen-bond acceptors (Lipinski definition) is 9. The highest BCUT2D eigenvalue weighted by atomic mass is 32.2. The predicted octanol–water partition coefficient (Wildman–Crippen LogP) is 2.32. The number of sulfonamides is 1. The summed E-state index contributed by atoms with van der Waals surface area (Å²) in [7, 11) is 0.271. The molecule has 0 aliphatic heterocycles. The number of hydrogen-bond donors (Lipinski definition) is 2. The Morgan fingerprint density at radius 2 is 1.61 bits per heavy atom. The van der Waals surface area contributed by atoms with Gasteiger partial charge in [0, 0.05) is 11.8 Å². The molecule has 0 spiro atoms. The molecule has 0 aliphatic rings. The number of carbonyl (C=O) groups excluding carboxylic acids is 1. The quantitative estimate of drug-likeness (QED) is 0.453. The van der Waals surface area contributed by atoms with E-state index in [1.807, 2.05) is 0 Å². The SMILES string of the molecule is COc1cc(NS(=O)(=O)c2ccc(NC(=O)COc3ccccc3OC)cc2)nc(OC)n1. The minimum Gasteiger partial charge on any atom is -0.493 e. The lowest BCUT2D eigenvalue weighted by atomic mass is 10.3.